The van der Waals surface area contributed by atoms with Crippen molar-refractivity contribution in [2.45, 2.75) is 18.9 Å². The van der Waals surface area contributed by atoms with Crippen LogP contribution in [0.1, 0.15) is 24.4 Å². The molecule has 19 heavy (non-hydrogen) atoms. The highest BCUT2D eigenvalue weighted by Gasteiger charge is 2.23. The number of hydrogen-bond donors (Lipinski definition) is 2. The Balaban J connectivity index is 2.22. The fraction of sp³-hybridized carbons (Fsp3) is 0.467. The van der Waals surface area contributed by atoms with Gasteiger partial charge in [-0.3, -0.25) is 4.90 Å². The lowest BCUT2D eigenvalue weighted by Gasteiger charge is -2.35. The van der Waals surface area contributed by atoms with Gasteiger partial charge >= 0.3 is 0 Å². The molecule has 1 saturated heterocycles. The monoisotopic (exact) mass is 324 g/mol. The van der Waals surface area contributed by atoms with E-state index in [0.29, 0.717) is 5.75 Å². The zero-order valence-electron chi connectivity index (χ0n) is 11.1. The first-order valence-corrected chi connectivity index (χ1v) is 7.55. The lowest BCUT2D eigenvalue weighted by molar-refractivity contribution is 0.163. The van der Waals surface area contributed by atoms with E-state index < -0.39 is 0 Å². The van der Waals surface area contributed by atoms with Crippen LogP contribution in [0.15, 0.2) is 35.3 Å². The zero-order valence-corrected chi connectivity index (χ0v) is 12.7. The minimum atomic E-state index is 0.271. The van der Waals surface area contributed by atoms with Gasteiger partial charge in [-0.1, -0.05) is 28.1 Å². The summed E-state index contributed by atoms with van der Waals surface area (Å²) in [6.45, 7) is 7.89. The third-order valence-electron chi connectivity index (χ3n) is 3.59. The summed E-state index contributed by atoms with van der Waals surface area (Å²) in [5.41, 5.74) is 1.02. The number of hydrogen-bond acceptors (Lipinski definition) is 3. The van der Waals surface area contributed by atoms with Crippen LogP contribution in [-0.2, 0) is 0 Å². The van der Waals surface area contributed by atoms with Crippen LogP contribution in [0.25, 0.3) is 0 Å². The predicted molar refractivity (Wildman–Crippen MR) is 82.4 cm³/mol. The maximum atomic E-state index is 10.2. The average Bonchev–Trinajstić information content (AvgIpc) is 2.42. The lowest BCUT2D eigenvalue weighted by Crippen LogP contribution is -2.45. The van der Waals surface area contributed by atoms with Gasteiger partial charge in [0.05, 0.1) is 0 Å². The van der Waals surface area contributed by atoms with E-state index in [4.69, 9.17) is 0 Å². The molecule has 0 radical (unpaired) electrons. The van der Waals surface area contributed by atoms with Gasteiger partial charge < -0.3 is 10.4 Å². The molecular weight excluding hydrogens is 304 g/mol. The van der Waals surface area contributed by atoms with Gasteiger partial charge in [0.1, 0.15) is 5.75 Å². The van der Waals surface area contributed by atoms with Crippen molar-refractivity contribution in [3.05, 3.63) is 40.9 Å². The second-order valence-electron chi connectivity index (χ2n) is 4.87. The number of phenolic OH excluding ortho intramolecular Hbond substituents is 1. The Morgan fingerprint density at radius 3 is 2.79 bits per heavy atom. The van der Waals surface area contributed by atoms with Crippen molar-refractivity contribution in [2.24, 2.45) is 0 Å². The van der Waals surface area contributed by atoms with E-state index >= 15 is 0 Å². The Morgan fingerprint density at radius 2 is 2.16 bits per heavy atom. The summed E-state index contributed by atoms with van der Waals surface area (Å²) < 4.78 is 0.913. The number of nitrogens with one attached hydrogen (secondary N) is 1. The maximum Gasteiger partial charge on any atom is 0.121 e. The van der Waals surface area contributed by atoms with Gasteiger partial charge in [0.2, 0.25) is 0 Å². The number of allylic oxidation sites excluding steroid dienone is 1. The Labute approximate surface area is 123 Å². The summed E-state index contributed by atoms with van der Waals surface area (Å²) in [4.78, 5) is 2.45. The number of piperazine rings is 1. The molecule has 1 aliphatic rings. The Kier molecular flexibility index (Phi) is 5.43. The molecule has 0 saturated carbocycles. The molecule has 0 aromatic heterocycles. The van der Waals surface area contributed by atoms with Crippen molar-refractivity contribution < 1.29 is 5.11 Å². The highest BCUT2D eigenvalue weighted by Crippen LogP contribution is 2.34. The molecule has 3 nitrogen and oxygen atoms in total. The smallest absolute Gasteiger partial charge is 0.121 e. The fourth-order valence-corrected chi connectivity index (χ4v) is 2.95. The van der Waals surface area contributed by atoms with E-state index in [1.807, 2.05) is 18.2 Å². The van der Waals surface area contributed by atoms with Gasteiger partial charge in [-0.25, -0.2) is 0 Å². The van der Waals surface area contributed by atoms with E-state index in [-0.39, 0.29) is 6.04 Å². The van der Waals surface area contributed by atoms with E-state index in [1.54, 1.807) is 6.07 Å². The lowest BCUT2D eigenvalue weighted by atomic mass is 9.98. The minimum absolute atomic E-state index is 0.271. The molecule has 1 fully saturated rings. The van der Waals surface area contributed by atoms with Crippen LogP contribution in [0.3, 0.4) is 0 Å². The number of halogens is 1. The number of nitrogens with zero attached hydrogens (tertiary/aromatic N) is 1. The molecule has 1 aliphatic heterocycles. The molecular formula is C15H21BrN2O. The van der Waals surface area contributed by atoms with Gasteiger partial charge in [0.25, 0.3) is 0 Å². The highest BCUT2D eigenvalue weighted by molar-refractivity contribution is 9.10. The van der Waals surface area contributed by atoms with Crippen molar-refractivity contribution in [3.8, 4) is 5.75 Å². The number of benzene rings is 1. The molecule has 104 valence electrons. The van der Waals surface area contributed by atoms with Crippen molar-refractivity contribution in [2.75, 3.05) is 26.2 Å². The fourth-order valence-electron chi connectivity index (χ4n) is 2.60. The largest absolute Gasteiger partial charge is 0.508 e. The predicted octanol–water partition coefficient (Wildman–Crippen LogP) is 3.07. The molecule has 1 atom stereocenters. The van der Waals surface area contributed by atoms with Crippen LogP contribution in [-0.4, -0.2) is 36.2 Å². The van der Waals surface area contributed by atoms with Crippen LogP contribution >= 0.6 is 15.9 Å². The standard InChI is InChI=1S/C15H21BrN2O/c1-2-3-4-14(18-9-7-17-8-10-18)13-6-5-12(16)11-15(13)19/h2,5-6,11,14,17,19H,1,3-4,7-10H2/t14-/m0/s1. The first kappa shape index (κ1) is 14.6. The average molecular weight is 325 g/mol. The van der Waals surface area contributed by atoms with E-state index in [0.717, 1.165) is 49.1 Å². The summed E-state index contributed by atoms with van der Waals surface area (Å²) >= 11 is 3.39. The van der Waals surface area contributed by atoms with Crippen molar-refractivity contribution in [1.29, 1.82) is 0 Å². The maximum absolute atomic E-state index is 10.2. The van der Waals surface area contributed by atoms with Crippen LogP contribution in [0.4, 0.5) is 0 Å². The molecule has 1 heterocycles. The topological polar surface area (TPSA) is 35.5 Å². The van der Waals surface area contributed by atoms with Gasteiger partial charge in [-0.15, -0.1) is 6.58 Å². The molecule has 0 unspecified atom stereocenters. The van der Waals surface area contributed by atoms with Crippen LogP contribution < -0.4 is 5.32 Å². The van der Waals surface area contributed by atoms with E-state index in [9.17, 15) is 5.11 Å². The molecule has 0 spiro atoms. The molecule has 2 N–H and O–H groups in total. The van der Waals surface area contributed by atoms with Gasteiger partial charge in [0, 0.05) is 42.3 Å². The molecule has 2 rings (SSSR count). The summed E-state index contributed by atoms with van der Waals surface area (Å²) in [5.74, 6) is 0.377. The zero-order chi connectivity index (χ0) is 13.7. The molecule has 0 aliphatic carbocycles. The molecule has 0 bridgehead atoms. The Hall–Kier alpha value is -0.840. The Morgan fingerprint density at radius 1 is 1.42 bits per heavy atom. The second-order valence-corrected chi connectivity index (χ2v) is 5.79. The molecule has 4 heteroatoms. The summed E-state index contributed by atoms with van der Waals surface area (Å²) in [5, 5.41) is 13.6. The quantitative estimate of drug-likeness (QED) is 0.817. The first-order valence-electron chi connectivity index (χ1n) is 6.76. The van der Waals surface area contributed by atoms with Crippen LogP contribution in [0.5, 0.6) is 5.75 Å². The SMILES string of the molecule is C=CCC[C@@H](c1ccc(Br)cc1O)N1CCNCC1. The van der Waals surface area contributed by atoms with Crippen molar-refractivity contribution in [3.63, 3.8) is 0 Å². The number of rotatable bonds is 5. The van der Waals surface area contributed by atoms with E-state index in [2.05, 4.69) is 32.7 Å². The van der Waals surface area contributed by atoms with Gasteiger partial charge in [0.15, 0.2) is 0 Å². The summed E-state index contributed by atoms with van der Waals surface area (Å²) in [6.07, 6.45) is 3.91. The van der Waals surface area contributed by atoms with Gasteiger partial charge in [-0.05, 0) is 25.0 Å². The third kappa shape index (κ3) is 3.81. The molecule has 1 aromatic rings. The van der Waals surface area contributed by atoms with Crippen LogP contribution in [0, 0.1) is 0 Å². The van der Waals surface area contributed by atoms with Crippen molar-refractivity contribution >= 4 is 15.9 Å². The summed E-state index contributed by atoms with van der Waals surface area (Å²) in [7, 11) is 0. The minimum Gasteiger partial charge on any atom is -0.508 e. The normalized spacial score (nSPS) is 18.2. The second kappa shape index (κ2) is 7.08. The highest BCUT2D eigenvalue weighted by atomic mass is 79.9. The first-order chi connectivity index (χ1) is 9.22. The van der Waals surface area contributed by atoms with Crippen LogP contribution in [0.2, 0.25) is 0 Å². The van der Waals surface area contributed by atoms with E-state index in [1.165, 1.54) is 0 Å². The Bertz CT molecular complexity index is 430. The van der Waals surface area contributed by atoms with Crippen molar-refractivity contribution in [1.82, 2.24) is 10.2 Å². The molecule has 0 amide bonds. The summed E-state index contributed by atoms with van der Waals surface area (Å²) in [6, 6.07) is 6.07. The molecule has 1 aromatic carbocycles. The number of aromatic hydroxyl groups is 1. The third-order valence-corrected chi connectivity index (χ3v) is 4.08. The number of phenols is 1. The van der Waals surface area contributed by atoms with Gasteiger partial charge in [-0.2, -0.15) is 0 Å².